The first-order chi connectivity index (χ1) is 14.4. The van der Waals surface area contributed by atoms with E-state index in [0.29, 0.717) is 11.8 Å². The van der Waals surface area contributed by atoms with Crippen molar-refractivity contribution >= 4 is 22.7 Å². The molecule has 0 radical (unpaired) electrons. The summed E-state index contributed by atoms with van der Waals surface area (Å²) in [5.41, 5.74) is 0. The molecule has 3 heteroatoms. The van der Waals surface area contributed by atoms with Crippen molar-refractivity contribution in [2.75, 3.05) is 0 Å². The van der Waals surface area contributed by atoms with Gasteiger partial charge in [-0.2, -0.15) is 0 Å². The van der Waals surface area contributed by atoms with Gasteiger partial charge in [-0.3, -0.25) is 0 Å². The first-order valence-corrected chi connectivity index (χ1v) is 13.9. The van der Waals surface area contributed by atoms with Crippen LogP contribution in [0.15, 0.2) is 35.0 Å². The molecule has 2 aliphatic rings. The molecule has 1 nitrogen and oxygen atoms in total. The van der Waals surface area contributed by atoms with Gasteiger partial charge in [0.2, 0.25) is 0 Å². The van der Waals surface area contributed by atoms with Gasteiger partial charge in [0.05, 0.1) is 12.2 Å². The Morgan fingerprint density at radius 2 is 0.966 bits per heavy atom. The van der Waals surface area contributed by atoms with E-state index in [2.05, 4.69) is 35.0 Å². The molecule has 0 aromatic carbocycles. The number of rotatable bonds is 6. The highest BCUT2D eigenvalue weighted by molar-refractivity contribution is 7.10. The zero-order valence-corrected chi connectivity index (χ0v) is 19.5. The van der Waals surface area contributed by atoms with E-state index in [0.717, 1.165) is 0 Å². The molecule has 0 saturated heterocycles. The molecule has 0 aliphatic heterocycles. The van der Waals surface area contributed by atoms with Crippen LogP contribution in [0.2, 0.25) is 0 Å². The van der Waals surface area contributed by atoms with Gasteiger partial charge in [-0.05, 0) is 60.4 Å². The maximum absolute atomic E-state index is 7.23. The van der Waals surface area contributed by atoms with Crippen LogP contribution in [-0.2, 0) is 4.74 Å². The third-order valence-electron chi connectivity index (χ3n) is 7.10. The molecule has 4 rings (SSSR count). The highest BCUT2D eigenvalue weighted by Crippen LogP contribution is 2.45. The smallest absolute Gasteiger partial charge is 0.0953 e. The molecule has 160 valence electrons. The van der Waals surface area contributed by atoms with E-state index in [1.54, 1.807) is 0 Å². The van der Waals surface area contributed by atoms with Gasteiger partial charge < -0.3 is 4.74 Å². The van der Waals surface area contributed by atoms with Gasteiger partial charge in [-0.15, -0.1) is 22.7 Å². The number of hydrogen-bond acceptors (Lipinski definition) is 3. The van der Waals surface area contributed by atoms with Crippen molar-refractivity contribution in [2.45, 2.75) is 102 Å². The molecule has 2 heterocycles. The number of ether oxygens (including phenoxy) is 1. The minimum Gasteiger partial charge on any atom is -0.363 e. The van der Waals surface area contributed by atoms with Crippen molar-refractivity contribution in [1.29, 1.82) is 0 Å². The monoisotopic (exact) mass is 430 g/mol. The van der Waals surface area contributed by atoms with Crippen LogP contribution in [-0.4, -0.2) is 0 Å². The summed E-state index contributed by atoms with van der Waals surface area (Å²) in [5, 5.41) is 4.48. The maximum atomic E-state index is 7.23. The summed E-state index contributed by atoms with van der Waals surface area (Å²) < 4.78 is 7.23. The average molecular weight is 431 g/mol. The van der Waals surface area contributed by atoms with Crippen molar-refractivity contribution in [1.82, 2.24) is 0 Å². The Kier molecular flexibility index (Phi) is 8.69. The van der Waals surface area contributed by atoms with Crippen LogP contribution in [0, 0.1) is 11.8 Å². The largest absolute Gasteiger partial charge is 0.363 e. The molecule has 0 amide bonds. The Balaban J connectivity index is 1.57. The Hall–Kier alpha value is -0.640. The molecule has 2 saturated carbocycles. The Morgan fingerprint density at radius 3 is 1.31 bits per heavy atom. The van der Waals surface area contributed by atoms with E-state index in [9.17, 15) is 0 Å². The van der Waals surface area contributed by atoms with Crippen LogP contribution in [0.25, 0.3) is 0 Å². The third kappa shape index (κ3) is 6.18. The zero-order chi connectivity index (χ0) is 19.7. The van der Waals surface area contributed by atoms with E-state index < -0.39 is 0 Å². The third-order valence-corrected chi connectivity index (χ3v) is 8.96. The van der Waals surface area contributed by atoms with Crippen LogP contribution in [0.1, 0.15) is 112 Å². The molecule has 2 aromatic rings. The minimum atomic E-state index is 0.283. The van der Waals surface area contributed by atoms with E-state index in [-0.39, 0.29) is 12.2 Å². The van der Waals surface area contributed by atoms with Crippen LogP contribution in [0.5, 0.6) is 0 Å². The van der Waals surface area contributed by atoms with Gasteiger partial charge in [0.15, 0.2) is 0 Å². The molecular weight excluding hydrogens is 392 g/mol. The molecule has 0 N–H and O–H groups in total. The summed E-state index contributed by atoms with van der Waals surface area (Å²) in [4.78, 5) is 2.92. The summed E-state index contributed by atoms with van der Waals surface area (Å²) in [7, 11) is 0. The van der Waals surface area contributed by atoms with Gasteiger partial charge in [-0.1, -0.05) is 76.3 Å². The highest BCUT2D eigenvalue weighted by atomic mass is 32.1. The Bertz CT molecular complexity index is 589. The molecule has 0 bridgehead atoms. The van der Waals surface area contributed by atoms with Crippen molar-refractivity contribution in [3.05, 3.63) is 44.8 Å². The molecular formula is C26H38OS2. The normalized spacial score (nSPS) is 22.9. The first-order valence-electron chi connectivity index (χ1n) is 12.1. The standard InChI is InChI=1S/C26H38OS2/c1-3-7-13-21(14-8-4-1)25(23-17-11-19-28-23)27-26(24-18-12-20-29-24)22-15-9-5-2-6-10-16-22/h11-12,17-22,25-26H,1-10,13-16H2. The predicted octanol–water partition coefficient (Wildman–Crippen LogP) is 9.33. The van der Waals surface area contributed by atoms with Gasteiger partial charge in [0.25, 0.3) is 0 Å². The maximum Gasteiger partial charge on any atom is 0.0953 e. The van der Waals surface area contributed by atoms with Crippen LogP contribution in [0.4, 0.5) is 0 Å². The molecule has 2 unspecified atom stereocenters. The quantitative estimate of drug-likeness (QED) is 0.443. The van der Waals surface area contributed by atoms with Gasteiger partial charge in [0.1, 0.15) is 0 Å². The zero-order valence-electron chi connectivity index (χ0n) is 17.9. The lowest BCUT2D eigenvalue weighted by molar-refractivity contribution is -0.0795. The summed E-state index contributed by atoms with van der Waals surface area (Å²) in [6, 6.07) is 9.10. The molecule has 2 fully saturated rings. The lowest BCUT2D eigenvalue weighted by atomic mass is 9.84. The van der Waals surface area contributed by atoms with E-state index >= 15 is 0 Å². The van der Waals surface area contributed by atoms with Crippen LogP contribution in [0.3, 0.4) is 0 Å². The fourth-order valence-corrected chi connectivity index (χ4v) is 7.17. The second kappa shape index (κ2) is 11.7. The van der Waals surface area contributed by atoms with Gasteiger partial charge >= 0.3 is 0 Å². The number of hydrogen-bond donors (Lipinski definition) is 0. The average Bonchev–Trinajstić information content (AvgIpc) is 3.38. The second-order valence-electron chi connectivity index (χ2n) is 9.22. The SMILES string of the molecule is c1csc(C(OC(c2cccs2)C2CCCCCCC2)C2CCCCCCC2)c1. The lowest BCUT2D eigenvalue weighted by Crippen LogP contribution is -2.24. The molecule has 2 aliphatic carbocycles. The van der Waals surface area contributed by atoms with Crippen molar-refractivity contribution < 1.29 is 4.74 Å². The fourth-order valence-electron chi connectivity index (χ4n) is 5.47. The second-order valence-corrected chi connectivity index (χ2v) is 11.2. The lowest BCUT2D eigenvalue weighted by Gasteiger charge is -2.35. The summed E-state index contributed by atoms with van der Waals surface area (Å²) >= 11 is 3.82. The Morgan fingerprint density at radius 1 is 0.586 bits per heavy atom. The molecule has 29 heavy (non-hydrogen) atoms. The first kappa shape index (κ1) is 21.6. The molecule has 2 atom stereocenters. The van der Waals surface area contributed by atoms with Crippen molar-refractivity contribution in [3.8, 4) is 0 Å². The van der Waals surface area contributed by atoms with Crippen molar-refractivity contribution in [3.63, 3.8) is 0 Å². The summed E-state index contributed by atoms with van der Waals surface area (Å²) in [6.07, 6.45) is 19.9. The molecule has 0 spiro atoms. The van der Waals surface area contributed by atoms with Gasteiger partial charge in [0, 0.05) is 9.75 Å². The van der Waals surface area contributed by atoms with E-state index in [1.807, 2.05) is 22.7 Å². The number of thiophene rings is 2. The highest BCUT2D eigenvalue weighted by Gasteiger charge is 2.33. The Labute approximate surface area is 185 Å². The van der Waals surface area contributed by atoms with Crippen LogP contribution < -0.4 is 0 Å². The fraction of sp³-hybridized carbons (Fsp3) is 0.692. The molecule has 2 aromatic heterocycles. The van der Waals surface area contributed by atoms with Crippen molar-refractivity contribution in [2.24, 2.45) is 11.8 Å². The van der Waals surface area contributed by atoms with Gasteiger partial charge in [-0.25, -0.2) is 0 Å². The summed E-state index contributed by atoms with van der Waals surface area (Å²) in [6.45, 7) is 0. The predicted molar refractivity (Wildman–Crippen MR) is 127 cm³/mol. The van der Waals surface area contributed by atoms with E-state index in [4.69, 9.17) is 4.74 Å². The van der Waals surface area contributed by atoms with Crippen LogP contribution >= 0.6 is 22.7 Å². The van der Waals surface area contributed by atoms with E-state index in [1.165, 1.54) is 99.6 Å². The summed E-state index contributed by atoms with van der Waals surface area (Å²) in [5.74, 6) is 1.37. The topological polar surface area (TPSA) is 9.23 Å². The minimum absolute atomic E-state index is 0.283.